The van der Waals surface area contributed by atoms with E-state index in [9.17, 15) is 0 Å². The maximum atomic E-state index is 5.67. The lowest BCUT2D eigenvalue weighted by molar-refractivity contribution is 0.781. The predicted molar refractivity (Wildman–Crippen MR) is 63.5 cm³/mol. The van der Waals surface area contributed by atoms with Crippen molar-refractivity contribution in [1.82, 2.24) is 14.8 Å². The number of hydrogen-bond donors (Lipinski definition) is 1. The molecule has 2 aromatic rings. The zero-order valence-electron chi connectivity index (χ0n) is 9.86. The maximum absolute atomic E-state index is 5.67. The molecular formula is C12H16N4. The van der Waals surface area contributed by atoms with Crippen molar-refractivity contribution in [1.29, 1.82) is 0 Å². The summed E-state index contributed by atoms with van der Waals surface area (Å²) in [7, 11) is 0. The highest BCUT2D eigenvalue weighted by Gasteiger charge is 2.09. The number of hydrogen-bond acceptors (Lipinski definition) is 3. The van der Waals surface area contributed by atoms with Crippen LogP contribution in [0.25, 0.3) is 5.69 Å². The molecule has 4 nitrogen and oxygen atoms in total. The fourth-order valence-electron chi connectivity index (χ4n) is 1.73. The minimum atomic E-state index is 0.397. The van der Waals surface area contributed by atoms with Gasteiger partial charge >= 0.3 is 0 Å². The first-order chi connectivity index (χ1) is 7.61. The first kappa shape index (κ1) is 10.8. The Morgan fingerprint density at radius 1 is 1.25 bits per heavy atom. The van der Waals surface area contributed by atoms with Crippen LogP contribution in [0, 0.1) is 20.8 Å². The first-order valence-corrected chi connectivity index (χ1v) is 5.32. The molecule has 2 N–H and O–H groups in total. The van der Waals surface area contributed by atoms with Crippen molar-refractivity contribution < 1.29 is 0 Å². The molecule has 16 heavy (non-hydrogen) atoms. The standard InChI is InChI=1S/C12H16N4/c1-8-4-5-9(2)11(6-8)16-12(7-13)14-10(3)15-16/h4-6H,7,13H2,1-3H3. The Bertz CT molecular complexity index is 514. The van der Waals surface area contributed by atoms with Crippen molar-refractivity contribution in [3.05, 3.63) is 41.0 Å². The summed E-state index contributed by atoms with van der Waals surface area (Å²) in [6.07, 6.45) is 0. The minimum Gasteiger partial charge on any atom is -0.324 e. The van der Waals surface area contributed by atoms with Gasteiger partial charge < -0.3 is 5.73 Å². The summed E-state index contributed by atoms with van der Waals surface area (Å²) in [6.45, 7) is 6.40. The SMILES string of the molecule is Cc1ccc(C)c(-n2nc(C)nc2CN)c1. The summed E-state index contributed by atoms with van der Waals surface area (Å²) < 4.78 is 1.83. The number of nitrogens with zero attached hydrogens (tertiary/aromatic N) is 3. The molecule has 0 bridgehead atoms. The van der Waals surface area contributed by atoms with Crippen LogP contribution < -0.4 is 5.73 Å². The van der Waals surface area contributed by atoms with Gasteiger partial charge in [0, 0.05) is 0 Å². The number of nitrogens with two attached hydrogens (primary N) is 1. The molecule has 0 saturated carbocycles. The summed E-state index contributed by atoms with van der Waals surface area (Å²) in [5.41, 5.74) is 9.10. The Labute approximate surface area is 95.1 Å². The molecule has 1 aromatic heterocycles. The normalized spacial score (nSPS) is 10.8. The lowest BCUT2D eigenvalue weighted by Gasteiger charge is -2.08. The van der Waals surface area contributed by atoms with Gasteiger partial charge in [0.25, 0.3) is 0 Å². The maximum Gasteiger partial charge on any atom is 0.148 e. The quantitative estimate of drug-likeness (QED) is 0.830. The van der Waals surface area contributed by atoms with E-state index in [1.165, 1.54) is 11.1 Å². The molecule has 0 amide bonds. The summed E-state index contributed by atoms with van der Waals surface area (Å²) >= 11 is 0. The molecule has 84 valence electrons. The molecular weight excluding hydrogens is 200 g/mol. The molecule has 0 aliphatic rings. The number of aryl methyl sites for hydroxylation is 3. The molecule has 2 rings (SSSR count). The highest BCUT2D eigenvalue weighted by Crippen LogP contribution is 2.16. The van der Waals surface area contributed by atoms with E-state index in [2.05, 4.69) is 42.1 Å². The highest BCUT2D eigenvalue weighted by molar-refractivity contribution is 5.42. The highest BCUT2D eigenvalue weighted by atomic mass is 15.4. The number of rotatable bonds is 2. The second-order valence-electron chi connectivity index (χ2n) is 3.98. The van der Waals surface area contributed by atoms with Crippen LogP contribution in [-0.4, -0.2) is 14.8 Å². The first-order valence-electron chi connectivity index (χ1n) is 5.32. The van der Waals surface area contributed by atoms with Gasteiger partial charge in [-0.15, -0.1) is 0 Å². The lowest BCUT2D eigenvalue weighted by atomic mass is 10.1. The van der Waals surface area contributed by atoms with Crippen LogP contribution in [0.15, 0.2) is 18.2 Å². The Hall–Kier alpha value is -1.68. The largest absolute Gasteiger partial charge is 0.324 e. The molecule has 1 heterocycles. The van der Waals surface area contributed by atoms with E-state index >= 15 is 0 Å². The van der Waals surface area contributed by atoms with Crippen molar-refractivity contribution in [3.63, 3.8) is 0 Å². The Balaban J connectivity index is 2.61. The van der Waals surface area contributed by atoms with Gasteiger partial charge in [-0.25, -0.2) is 9.67 Å². The summed E-state index contributed by atoms with van der Waals surface area (Å²) in [5, 5.41) is 4.38. The van der Waals surface area contributed by atoms with Crippen LogP contribution in [0.5, 0.6) is 0 Å². The van der Waals surface area contributed by atoms with Crippen molar-refractivity contribution in [2.24, 2.45) is 5.73 Å². The molecule has 4 heteroatoms. The van der Waals surface area contributed by atoms with Gasteiger partial charge in [0.2, 0.25) is 0 Å². The summed E-state index contributed by atoms with van der Waals surface area (Å²) in [5.74, 6) is 1.55. The average Bonchev–Trinajstić information content (AvgIpc) is 2.63. The minimum absolute atomic E-state index is 0.397. The number of aromatic nitrogens is 3. The van der Waals surface area contributed by atoms with E-state index in [0.29, 0.717) is 6.54 Å². The second-order valence-corrected chi connectivity index (χ2v) is 3.98. The van der Waals surface area contributed by atoms with E-state index in [1.807, 2.05) is 11.6 Å². The smallest absolute Gasteiger partial charge is 0.148 e. The predicted octanol–water partition coefficient (Wildman–Crippen LogP) is 1.65. The molecule has 0 atom stereocenters. The topological polar surface area (TPSA) is 56.7 Å². The van der Waals surface area contributed by atoms with Crippen molar-refractivity contribution in [2.45, 2.75) is 27.3 Å². The van der Waals surface area contributed by atoms with Gasteiger partial charge in [-0.1, -0.05) is 12.1 Å². The molecule has 1 aromatic carbocycles. The van der Waals surface area contributed by atoms with Gasteiger partial charge in [-0.3, -0.25) is 0 Å². The van der Waals surface area contributed by atoms with Crippen LogP contribution in [-0.2, 0) is 6.54 Å². The van der Waals surface area contributed by atoms with Gasteiger partial charge in [-0.2, -0.15) is 5.10 Å². The van der Waals surface area contributed by atoms with Gasteiger partial charge in [0.15, 0.2) is 0 Å². The number of benzene rings is 1. The average molecular weight is 216 g/mol. The lowest BCUT2D eigenvalue weighted by Crippen LogP contribution is -2.09. The van der Waals surface area contributed by atoms with Crippen molar-refractivity contribution in [2.75, 3.05) is 0 Å². The monoisotopic (exact) mass is 216 g/mol. The summed E-state index contributed by atoms with van der Waals surface area (Å²) in [4.78, 5) is 4.30. The molecule has 0 saturated heterocycles. The van der Waals surface area contributed by atoms with Gasteiger partial charge in [0.1, 0.15) is 11.6 Å². The van der Waals surface area contributed by atoms with E-state index in [4.69, 9.17) is 5.73 Å². The van der Waals surface area contributed by atoms with Crippen molar-refractivity contribution in [3.8, 4) is 5.69 Å². The van der Waals surface area contributed by atoms with E-state index in [0.717, 1.165) is 17.3 Å². The third-order valence-corrected chi connectivity index (χ3v) is 2.56. The molecule has 0 fully saturated rings. The fourth-order valence-corrected chi connectivity index (χ4v) is 1.73. The van der Waals surface area contributed by atoms with Crippen LogP contribution in [0.2, 0.25) is 0 Å². The van der Waals surface area contributed by atoms with Crippen LogP contribution in [0.1, 0.15) is 22.8 Å². The molecule has 0 spiro atoms. The van der Waals surface area contributed by atoms with Crippen LogP contribution in [0.3, 0.4) is 0 Å². The Kier molecular flexibility index (Phi) is 2.75. The zero-order valence-corrected chi connectivity index (χ0v) is 9.86. The molecule has 0 radical (unpaired) electrons. The Morgan fingerprint density at radius 2 is 2.00 bits per heavy atom. The molecule has 0 aliphatic heterocycles. The summed E-state index contributed by atoms with van der Waals surface area (Å²) in [6, 6.07) is 6.27. The van der Waals surface area contributed by atoms with Crippen LogP contribution >= 0.6 is 0 Å². The van der Waals surface area contributed by atoms with Crippen LogP contribution in [0.4, 0.5) is 0 Å². The molecule has 0 aliphatic carbocycles. The third-order valence-electron chi connectivity index (χ3n) is 2.56. The fraction of sp³-hybridized carbons (Fsp3) is 0.333. The zero-order chi connectivity index (χ0) is 11.7. The van der Waals surface area contributed by atoms with E-state index < -0.39 is 0 Å². The van der Waals surface area contributed by atoms with Crippen molar-refractivity contribution >= 4 is 0 Å². The molecule has 0 unspecified atom stereocenters. The van der Waals surface area contributed by atoms with Gasteiger partial charge in [-0.05, 0) is 38.0 Å². The third kappa shape index (κ3) is 1.84. The second kappa shape index (κ2) is 4.06. The van der Waals surface area contributed by atoms with E-state index in [-0.39, 0.29) is 0 Å². The van der Waals surface area contributed by atoms with Gasteiger partial charge in [0.05, 0.1) is 12.2 Å². The van der Waals surface area contributed by atoms with E-state index in [1.54, 1.807) is 0 Å². The Morgan fingerprint density at radius 3 is 2.69 bits per heavy atom.